The van der Waals surface area contributed by atoms with E-state index in [1.54, 1.807) is 0 Å². The highest BCUT2D eigenvalue weighted by Crippen LogP contribution is 2.32. The first-order valence-corrected chi connectivity index (χ1v) is 6.51. The van der Waals surface area contributed by atoms with Gasteiger partial charge in [-0.05, 0) is 17.7 Å². The second-order valence-corrected chi connectivity index (χ2v) is 4.86. The molecule has 1 heterocycles. The summed E-state index contributed by atoms with van der Waals surface area (Å²) in [5.41, 5.74) is -0.659. The lowest BCUT2D eigenvalue weighted by atomic mass is 10.1. The first kappa shape index (κ1) is 15.1. The maximum Gasteiger partial charge on any atom is 0.416 e. The molecule has 1 aromatic carbocycles. The van der Waals surface area contributed by atoms with Gasteiger partial charge in [-0.3, -0.25) is 4.79 Å². The average molecular weight is 308 g/mol. The van der Waals surface area contributed by atoms with Crippen LogP contribution in [0.1, 0.15) is 16.5 Å². The number of hydrogen-bond donors (Lipinski definition) is 0. The fourth-order valence-corrected chi connectivity index (χ4v) is 2.23. The first-order valence-electron chi connectivity index (χ1n) is 6.07. The van der Waals surface area contributed by atoms with Crippen LogP contribution in [0.5, 0.6) is 0 Å². The Morgan fingerprint density at radius 1 is 1.30 bits per heavy atom. The van der Waals surface area contributed by atoms with E-state index in [4.69, 9.17) is 16.3 Å². The molecule has 1 unspecified atom stereocenters. The summed E-state index contributed by atoms with van der Waals surface area (Å²) in [4.78, 5) is 13.6. The smallest absolute Gasteiger partial charge is 0.378 e. The van der Waals surface area contributed by atoms with Crippen molar-refractivity contribution in [3.63, 3.8) is 0 Å². The second-order valence-electron chi connectivity index (χ2n) is 4.42. The van der Waals surface area contributed by atoms with Gasteiger partial charge in [0.2, 0.25) is 5.91 Å². The van der Waals surface area contributed by atoms with Gasteiger partial charge in [0.1, 0.15) is 5.38 Å². The third-order valence-electron chi connectivity index (χ3n) is 3.05. The van der Waals surface area contributed by atoms with E-state index in [0.717, 1.165) is 12.1 Å². The Kier molecular flexibility index (Phi) is 4.55. The summed E-state index contributed by atoms with van der Waals surface area (Å²) in [6.45, 7) is 1.64. The predicted octanol–water partition coefficient (Wildman–Crippen LogP) is 2.84. The van der Waals surface area contributed by atoms with Crippen molar-refractivity contribution in [1.29, 1.82) is 0 Å². The molecule has 2 rings (SSSR count). The summed E-state index contributed by atoms with van der Waals surface area (Å²) in [6.07, 6.45) is -4.45. The molecule has 0 bridgehead atoms. The summed E-state index contributed by atoms with van der Waals surface area (Å²) in [5, 5.41) is -1.12. The summed E-state index contributed by atoms with van der Waals surface area (Å²) < 4.78 is 43.0. The van der Waals surface area contributed by atoms with Crippen LogP contribution in [0.25, 0.3) is 0 Å². The lowest BCUT2D eigenvalue weighted by Gasteiger charge is -2.28. The van der Waals surface area contributed by atoms with Gasteiger partial charge in [0.05, 0.1) is 18.8 Å². The van der Waals surface area contributed by atoms with E-state index in [1.807, 2.05) is 0 Å². The van der Waals surface area contributed by atoms with Crippen molar-refractivity contribution in [3.05, 3.63) is 35.4 Å². The Morgan fingerprint density at radius 2 is 1.95 bits per heavy atom. The van der Waals surface area contributed by atoms with Crippen molar-refractivity contribution >= 4 is 17.5 Å². The van der Waals surface area contributed by atoms with Crippen LogP contribution in [0.4, 0.5) is 13.2 Å². The van der Waals surface area contributed by atoms with Crippen LogP contribution in [0, 0.1) is 0 Å². The van der Waals surface area contributed by atoms with E-state index in [2.05, 4.69) is 0 Å². The maximum absolute atomic E-state index is 12.6. The molecular formula is C13H13ClF3NO2. The standard InChI is InChI=1S/C13H13ClF3NO2/c14-11(12(19)18-4-6-20-7-5-18)9-2-1-3-10(8-9)13(15,16)17/h1-3,8,11H,4-7H2. The summed E-state index contributed by atoms with van der Waals surface area (Å²) in [7, 11) is 0. The fraction of sp³-hybridized carbons (Fsp3) is 0.462. The van der Waals surface area contributed by atoms with Gasteiger partial charge in [-0.25, -0.2) is 0 Å². The molecule has 1 amide bonds. The van der Waals surface area contributed by atoms with Gasteiger partial charge in [0.15, 0.2) is 0 Å². The first-order chi connectivity index (χ1) is 9.39. The van der Waals surface area contributed by atoms with Crippen molar-refractivity contribution in [2.24, 2.45) is 0 Å². The summed E-state index contributed by atoms with van der Waals surface area (Å²) in [5.74, 6) is -0.394. The van der Waals surface area contributed by atoms with Crippen molar-refractivity contribution < 1.29 is 22.7 Å². The number of rotatable bonds is 2. The number of amides is 1. The number of carbonyl (C=O) groups is 1. The van der Waals surface area contributed by atoms with E-state index in [0.29, 0.717) is 26.3 Å². The Hall–Kier alpha value is -1.27. The Bertz CT molecular complexity index is 487. The fourth-order valence-electron chi connectivity index (χ4n) is 1.96. The molecule has 1 saturated heterocycles. The van der Waals surface area contributed by atoms with Crippen LogP contribution in [0.2, 0.25) is 0 Å². The van der Waals surface area contributed by atoms with Crippen LogP contribution < -0.4 is 0 Å². The van der Waals surface area contributed by atoms with Gasteiger partial charge in [-0.15, -0.1) is 11.6 Å². The third-order valence-corrected chi connectivity index (χ3v) is 3.48. The topological polar surface area (TPSA) is 29.5 Å². The van der Waals surface area contributed by atoms with Crippen LogP contribution in [-0.4, -0.2) is 37.1 Å². The van der Waals surface area contributed by atoms with Gasteiger partial charge in [-0.2, -0.15) is 13.2 Å². The number of alkyl halides is 4. The molecule has 0 radical (unpaired) electrons. The molecule has 1 aliphatic rings. The quantitative estimate of drug-likeness (QED) is 0.786. The number of carbonyl (C=O) groups excluding carboxylic acids is 1. The van der Waals surface area contributed by atoms with E-state index in [-0.39, 0.29) is 5.56 Å². The second kappa shape index (κ2) is 6.01. The number of benzene rings is 1. The summed E-state index contributed by atoms with van der Waals surface area (Å²) in [6, 6.07) is 4.54. The SMILES string of the molecule is O=C(C(Cl)c1cccc(C(F)(F)F)c1)N1CCOCC1. The number of ether oxygens (including phenoxy) is 1. The molecule has 1 atom stereocenters. The molecule has 0 saturated carbocycles. The van der Waals surface area contributed by atoms with E-state index >= 15 is 0 Å². The van der Waals surface area contributed by atoms with Crippen molar-refractivity contribution in [1.82, 2.24) is 4.90 Å². The van der Waals surface area contributed by atoms with E-state index in [9.17, 15) is 18.0 Å². The molecule has 3 nitrogen and oxygen atoms in total. The molecule has 0 aromatic heterocycles. The van der Waals surface area contributed by atoms with E-state index in [1.165, 1.54) is 17.0 Å². The van der Waals surface area contributed by atoms with Crippen molar-refractivity contribution in [2.45, 2.75) is 11.6 Å². The van der Waals surface area contributed by atoms with Crippen LogP contribution in [0.15, 0.2) is 24.3 Å². The van der Waals surface area contributed by atoms with Gasteiger partial charge in [0.25, 0.3) is 0 Å². The zero-order chi connectivity index (χ0) is 14.8. The van der Waals surface area contributed by atoms with E-state index < -0.39 is 23.0 Å². The normalized spacial score (nSPS) is 17.9. The Labute approximate surface area is 119 Å². The minimum atomic E-state index is -4.45. The molecule has 1 aromatic rings. The number of hydrogen-bond acceptors (Lipinski definition) is 2. The zero-order valence-corrected chi connectivity index (χ0v) is 11.2. The van der Waals surface area contributed by atoms with Crippen molar-refractivity contribution in [3.8, 4) is 0 Å². The number of halogens is 4. The largest absolute Gasteiger partial charge is 0.416 e. The highest BCUT2D eigenvalue weighted by atomic mass is 35.5. The van der Waals surface area contributed by atoms with Gasteiger partial charge < -0.3 is 9.64 Å². The molecular weight excluding hydrogens is 295 g/mol. The molecule has 7 heteroatoms. The Balaban J connectivity index is 2.16. The maximum atomic E-state index is 12.6. The predicted molar refractivity (Wildman–Crippen MR) is 67.4 cm³/mol. The minimum absolute atomic E-state index is 0.151. The van der Waals surface area contributed by atoms with Crippen LogP contribution in [0.3, 0.4) is 0 Å². The number of morpholine rings is 1. The average Bonchev–Trinajstić information content (AvgIpc) is 2.46. The Morgan fingerprint density at radius 3 is 2.55 bits per heavy atom. The zero-order valence-electron chi connectivity index (χ0n) is 10.5. The molecule has 0 spiro atoms. The van der Waals surface area contributed by atoms with Gasteiger partial charge in [-0.1, -0.05) is 12.1 Å². The molecule has 0 N–H and O–H groups in total. The molecule has 0 aliphatic carbocycles. The highest BCUT2D eigenvalue weighted by molar-refractivity contribution is 6.30. The van der Waals surface area contributed by atoms with Gasteiger partial charge >= 0.3 is 6.18 Å². The monoisotopic (exact) mass is 307 g/mol. The molecule has 1 aliphatic heterocycles. The summed E-state index contributed by atoms with van der Waals surface area (Å²) >= 11 is 6.01. The minimum Gasteiger partial charge on any atom is -0.378 e. The lowest BCUT2D eigenvalue weighted by Crippen LogP contribution is -2.42. The van der Waals surface area contributed by atoms with Crippen LogP contribution >= 0.6 is 11.6 Å². The van der Waals surface area contributed by atoms with Crippen LogP contribution in [-0.2, 0) is 15.7 Å². The number of nitrogens with zero attached hydrogens (tertiary/aromatic N) is 1. The van der Waals surface area contributed by atoms with Crippen molar-refractivity contribution in [2.75, 3.05) is 26.3 Å². The lowest BCUT2D eigenvalue weighted by molar-refractivity contribution is -0.138. The molecule has 110 valence electrons. The third kappa shape index (κ3) is 3.43. The molecule has 20 heavy (non-hydrogen) atoms. The van der Waals surface area contributed by atoms with Gasteiger partial charge in [0, 0.05) is 13.1 Å². The molecule has 1 fully saturated rings. The highest BCUT2D eigenvalue weighted by Gasteiger charge is 2.32.